The van der Waals surface area contributed by atoms with Crippen molar-refractivity contribution in [2.75, 3.05) is 11.4 Å². The molecule has 1 saturated heterocycles. The van der Waals surface area contributed by atoms with E-state index in [1.807, 2.05) is 55.5 Å². The molecule has 1 aliphatic rings. The number of aryl methyl sites for hydroxylation is 1. The Balaban J connectivity index is 1.73. The first-order valence-corrected chi connectivity index (χ1v) is 11.4. The fraction of sp³-hybridized carbons (Fsp3) is 0.250. The van der Waals surface area contributed by atoms with Gasteiger partial charge in [0.1, 0.15) is 5.82 Å². The van der Waals surface area contributed by atoms with E-state index in [0.29, 0.717) is 10.6 Å². The Morgan fingerprint density at radius 1 is 1.03 bits per heavy atom. The van der Waals surface area contributed by atoms with Gasteiger partial charge in [-0.15, -0.1) is 0 Å². The number of para-hydroxylation sites is 1. The number of hydrogen-bond acceptors (Lipinski definition) is 2. The largest absolute Gasteiger partial charge is 0.606 e. The minimum Gasteiger partial charge on any atom is -0.606 e. The molecular formula is C24H23ClFNOS. The van der Waals surface area contributed by atoms with E-state index < -0.39 is 11.2 Å². The van der Waals surface area contributed by atoms with Gasteiger partial charge in [-0.3, -0.25) is 0 Å². The molecule has 3 aromatic rings. The summed E-state index contributed by atoms with van der Waals surface area (Å²) < 4.78 is 28.1. The van der Waals surface area contributed by atoms with Gasteiger partial charge in [0.15, 0.2) is 9.79 Å². The third-order valence-electron chi connectivity index (χ3n) is 5.43. The summed E-state index contributed by atoms with van der Waals surface area (Å²) in [5, 5.41) is 0.398. The number of anilines is 1. The zero-order valence-electron chi connectivity index (χ0n) is 16.3. The van der Waals surface area contributed by atoms with Crippen molar-refractivity contribution in [2.24, 2.45) is 0 Å². The second-order valence-corrected chi connectivity index (χ2v) is 9.31. The number of halogens is 2. The van der Waals surface area contributed by atoms with E-state index in [-0.39, 0.29) is 11.9 Å². The van der Waals surface area contributed by atoms with Crippen LogP contribution in [0.1, 0.15) is 36.4 Å². The molecule has 0 aliphatic carbocycles. The van der Waals surface area contributed by atoms with Gasteiger partial charge in [0.2, 0.25) is 0 Å². The summed E-state index contributed by atoms with van der Waals surface area (Å²) >= 11 is 4.66. The number of benzene rings is 3. The van der Waals surface area contributed by atoms with Crippen molar-refractivity contribution in [3.63, 3.8) is 0 Å². The van der Waals surface area contributed by atoms with E-state index in [2.05, 4.69) is 4.90 Å². The van der Waals surface area contributed by atoms with E-state index in [1.165, 1.54) is 6.07 Å². The zero-order valence-corrected chi connectivity index (χ0v) is 17.8. The first-order valence-electron chi connectivity index (χ1n) is 9.83. The summed E-state index contributed by atoms with van der Waals surface area (Å²) in [6, 6.07) is 20.3. The molecule has 0 aromatic heterocycles. The van der Waals surface area contributed by atoms with Gasteiger partial charge in [-0.2, -0.15) is 0 Å². The van der Waals surface area contributed by atoms with Crippen molar-refractivity contribution in [1.29, 1.82) is 0 Å². The highest BCUT2D eigenvalue weighted by molar-refractivity contribution is 7.91. The lowest BCUT2D eigenvalue weighted by Gasteiger charge is -2.38. The molecule has 0 N–H and O–H groups in total. The molecule has 0 saturated carbocycles. The third-order valence-corrected chi connectivity index (χ3v) is 7.11. The molecule has 5 heteroatoms. The van der Waals surface area contributed by atoms with Crippen molar-refractivity contribution in [2.45, 2.75) is 42.0 Å². The molecule has 29 heavy (non-hydrogen) atoms. The standard InChI is InChI=1S/C24H23ClFNOS/c1-17-9-12-19(13-10-17)29(28)24-8-3-2-7-23(24)27-15-5-4-6-22(27)20-14-11-18(25)16-21(20)26/h2-3,7-14,16,22H,4-6,15H2,1H3. The molecule has 1 fully saturated rings. The van der Waals surface area contributed by atoms with Gasteiger partial charge in [-0.25, -0.2) is 4.39 Å². The highest BCUT2D eigenvalue weighted by atomic mass is 35.5. The minimum absolute atomic E-state index is 0.0998. The van der Waals surface area contributed by atoms with Crippen molar-refractivity contribution in [1.82, 2.24) is 0 Å². The van der Waals surface area contributed by atoms with E-state index >= 15 is 0 Å². The fourth-order valence-corrected chi connectivity index (χ4v) is 5.33. The summed E-state index contributed by atoms with van der Waals surface area (Å²) in [5.74, 6) is -0.286. The highest BCUT2D eigenvalue weighted by Gasteiger charge is 2.31. The van der Waals surface area contributed by atoms with Crippen LogP contribution in [-0.4, -0.2) is 11.1 Å². The van der Waals surface area contributed by atoms with Crippen LogP contribution in [0, 0.1) is 12.7 Å². The van der Waals surface area contributed by atoms with Crippen molar-refractivity contribution < 1.29 is 8.94 Å². The SMILES string of the molecule is Cc1ccc([S+]([O-])c2ccccc2N2CCCCC2c2ccc(Cl)cc2F)cc1. The van der Waals surface area contributed by atoms with E-state index in [0.717, 1.165) is 46.8 Å². The molecule has 0 radical (unpaired) electrons. The van der Waals surface area contributed by atoms with Crippen LogP contribution in [-0.2, 0) is 11.2 Å². The van der Waals surface area contributed by atoms with Gasteiger partial charge >= 0.3 is 0 Å². The first kappa shape index (κ1) is 20.3. The Morgan fingerprint density at radius 3 is 2.55 bits per heavy atom. The summed E-state index contributed by atoms with van der Waals surface area (Å²) in [6.07, 6.45) is 2.91. The van der Waals surface area contributed by atoms with Crippen LogP contribution in [0.5, 0.6) is 0 Å². The lowest BCUT2D eigenvalue weighted by atomic mass is 9.94. The van der Waals surface area contributed by atoms with Gasteiger partial charge in [0.25, 0.3) is 0 Å². The molecule has 3 aromatic carbocycles. The number of nitrogens with zero attached hydrogens (tertiary/aromatic N) is 1. The molecule has 4 rings (SSSR count). The van der Waals surface area contributed by atoms with Crippen LogP contribution in [0.15, 0.2) is 76.5 Å². The number of piperidine rings is 1. The number of hydrogen-bond donors (Lipinski definition) is 0. The third kappa shape index (κ3) is 4.30. The van der Waals surface area contributed by atoms with Crippen molar-refractivity contribution >= 4 is 28.5 Å². The molecule has 150 valence electrons. The highest BCUT2D eigenvalue weighted by Crippen LogP contribution is 2.40. The first-order chi connectivity index (χ1) is 14.0. The predicted molar refractivity (Wildman–Crippen MR) is 118 cm³/mol. The second kappa shape index (κ2) is 8.78. The summed E-state index contributed by atoms with van der Waals surface area (Å²) in [7, 11) is 0. The van der Waals surface area contributed by atoms with Gasteiger partial charge < -0.3 is 9.45 Å². The summed E-state index contributed by atoms with van der Waals surface area (Å²) in [4.78, 5) is 3.74. The maximum absolute atomic E-state index is 14.7. The lowest BCUT2D eigenvalue weighted by molar-refractivity contribution is 0.453. The van der Waals surface area contributed by atoms with Crippen LogP contribution < -0.4 is 4.90 Å². The molecule has 0 spiro atoms. The molecule has 2 nitrogen and oxygen atoms in total. The van der Waals surface area contributed by atoms with Gasteiger partial charge in [0.05, 0.1) is 11.7 Å². The van der Waals surface area contributed by atoms with Crippen molar-refractivity contribution in [3.05, 3.63) is 88.7 Å². The quantitative estimate of drug-likeness (QED) is 0.434. The van der Waals surface area contributed by atoms with Crippen LogP contribution in [0.25, 0.3) is 0 Å². The van der Waals surface area contributed by atoms with E-state index in [4.69, 9.17) is 11.6 Å². The average molecular weight is 428 g/mol. The maximum atomic E-state index is 14.7. The predicted octanol–water partition coefficient (Wildman–Crippen LogP) is 6.69. The smallest absolute Gasteiger partial charge is 0.181 e. The molecule has 2 unspecified atom stereocenters. The van der Waals surface area contributed by atoms with Crippen LogP contribution >= 0.6 is 11.6 Å². The summed E-state index contributed by atoms with van der Waals surface area (Å²) in [6.45, 7) is 2.81. The Kier molecular flexibility index (Phi) is 6.14. The van der Waals surface area contributed by atoms with Gasteiger partial charge in [-0.05, 0) is 62.6 Å². The topological polar surface area (TPSA) is 26.3 Å². The second-order valence-electron chi connectivity index (χ2n) is 7.42. The van der Waals surface area contributed by atoms with Crippen molar-refractivity contribution in [3.8, 4) is 0 Å². The minimum atomic E-state index is -1.31. The van der Waals surface area contributed by atoms with Crippen LogP contribution in [0.4, 0.5) is 10.1 Å². The van der Waals surface area contributed by atoms with Gasteiger partial charge in [-0.1, -0.05) is 47.5 Å². The Labute approximate surface area is 179 Å². The van der Waals surface area contributed by atoms with E-state index in [9.17, 15) is 8.94 Å². The fourth-order valence-electron chi connectivity index (χ4n) is 3.96. The lowest BCUT2D eigenvalue weighted by Crippen LogP contribution is -2.34. The normalized spacial score (nSPS) is 17.9. The molecular weight excluding hydrogens is 405 g/mol. The van der Waals surface area contributed by atoms with E-state index in [1.54, 1.807) is 12.1 Å². The number of rotatable bonds is 4. The maximum Gasteiger partial charge on any atom is 0.181 e. The molecule has 0 bridgehead atoms. The van der Waals surface area contributed by atoms with Crippen LogP contribution in [0.2, 0.25) is 5.02 Å². The van der Waals surface area contributed by atoms with Crippen LogP contribution in [0.3, 0.4) is 0 Å². The molecule has 2 atom stereocenters. The Morgan fingerprint density at radius 2 is 1.79 bits per heavy atom. The average Bonchev–Trinajstić information content (AvgIpc) is 2.74. The molecule has 1 aliphatic heterocycles. The monoisotopic (exact) mass is 427 g/mol. The Hall–Kier alpha value is -2.01. The zero-order chi connectivity index (χ0) is 20.4. The Bertz CT molecular complexity index is 994. The van der Waals surface area contributed by atoms with Gasteiger partial charge in [0, 0.05) is 28.3 Å². The summed E-state index contributed by atoms with van der Waals surface area (Å²) in [5.41, 5.74) is 2.68. The molecule has 1 heterocycles. The molecule has 0 amide bonds.